The Hall–Kier alpha value is -1.47. The zero-order valence-corrected chi connectivity index (χ0v) is 8.64. The Morgan fingerprint density at radius 1 is 1.29 bits per heavy atom. The fourth-order valence-corrected chi connectivity index (χ4v) is 1.27. The third kappa shape index (κ3) is 3.50. The van der Waals surface area contributed by atoms with Gasteiger partial charge in [-0.25, -0.2) is 0 Å². The van der Waals surface area contributed by atoms with E-state index in [9.17, 15) is 0 Å². The first-order valence-corrected chi connectivity index (χ1v) is 4.74. The summed E-state index contributed by atoms with van der Waals surface area (Å²) in [5.41, 5.74) is 9.36. The maximum absolute atomic E-state index is 8.36. The molecular weight excluding hydrogens is 174 g/mol. The van der Waals surface area contributed by atoms with Crippen molar-refractivity contribution in [2.75, 3.05) is 0 Å². The average Bonchev–Trinajstić information content (AvgIpc) is 2.17. The topological polar surface area (TPSA) is 48.8 Å². The lowest BCUT2D eigenvalue weighted by Gasteiger charge is -2.16. The first-order valence-electron chi connectivity index (χ1n) is 4.74. The van der Waals surface area contributed by atoms with Gasteiger partial charge in [0, 0.05) is 10.5 Å². The molecule has 0 fully saturated rings. The van der Waals surface area contributed by atoms with Crippen LogP contribution in [0.5, 0.6) is 0 Å². The molecule has 0 aromatic heterocycles. The number of hydrogen-bond acceptors (Lipinski definition) is 1. The van der Waals surface area contributed by atoms with Crippen molar-refractivity contribution in [2.24, 2.45) is 5.11 Å². The molecule has 3 heteroatoms. The van der Waals surface area contributed by atoms with Gasteiger partial charge >= 0.3 is 0 Å². The average molecular weight is 189 g/mol. The van der Waals surface area contributed by atoms with Crippen molar-refractivity contribution in [1.82, 2.24) is 0 Å². The summed E-state index contributed by atoms with van der Waals surface area (Å²) < 4.78 is 0. The second-order valence-corrected chi connectivity index (χ2v) is 3.99. The third-order valence-electron chi connectivity index (χ3n) is 2.18. The summed E-state index contributed by atoms with van der Waals surface area (Å²) in [6.45, 7) is 3.91. The highest BCUT2D eigenvalue weighted by Gasteiger charge is 2.14. The van der Waals surface area contributed by atoms with Crippen molar-refractivity contribution in [3.8, 4) is 0 Å². The van der Waals surface area contributed by atoms with Crippen molar-refractivity contribution < 1.29 is 0 Å². The highest BCUT2D eigenvalue weighted by atomic mass is 15.2. The molecule has 3 nitrogen and oxygen atoms in total. The Balaban J connectivity index is 2.53. The van der Waals surface area contributed by atoms with E-state index in [1.807, 2.05) is 32.0 Å². The van der Waals surface area contributed by atoms with Crippen LogP contribution >= 0.6 is 0 Å². The fourth-order valence-electron chi connectivity index (χ4n) is 1.27. The zero-order chi connectivity index (χ0) is 10.4. The van der Waals surface area contributed by atoms with Gasteiger partial charge in [-0.2, -0.15) is 0 Å². The van der Waals surface area contributed by atoms with Gasteiger partial charge in [0.25, 0.3) is 0 Å². The number of aryl methyl sites for hydroxylation is 1. The van der Waals surface area contributed by atoms with E-state index in [0.717, 1.165) is 12.8 Å². The van der Waals surface area contributed by atoms with E-state index in [-0.39, 0.29) is 5.54 Å². The predicted octanol–water partition coefficient (Wildman–Crippen LogP) is 3.71. The van der Waals surface area contributed by atoms with Crippen LogP contribution in [0.15, 0.2) is 35.4 Å². The van der Waals surface area contributed by atoms with Crippen molar-refractivity contribution in [3.05, 3.63) is 46.3 Å². The van der Waals surface area contributed by atoms with Gasteiger partial charge in [0.05, 0.1) is 0 Å². The third-order valence-corrected chi connectivity index (χ3v) is 2.18. The van der Waals surface area contributed by atoms with Gasteiger partial charge < -0.3 is 0 Å². The minimum atomic E-state index is -0.287. The molecular formula is C11H15N3. The summed E-state index contributed by atoms with van der Waals surface area (Å²) in [5.74, 6) is 0. The summed E-state index contributed by atoms with van der Waals surface area (Å²) in [6.07, 6.45) is 1.83. The van der Waals surface area contributed by atoms with Crippen LogP contribution in [0.1, 0.15) is 25.8 Å². The molecule has 14 heavy (non-hydrogen) atoms. The lowest BCUT2D eigenvalue weighted by Crippen LogP contribution is -2.16. The molecule has 0 heterocycles. The van der Waals surface area contributed by atoms with Crippen LogP contribution in [0, 0.1) is 0 Å². The molecule has 0 bridgehead atoms. The highest BCUT2D eigenvalue weighted by Crippen LogP contribution is 2.17. The van der Waals surface area contributed by atoms with Gasteiger partial charge in [0.1, 0.15) is 0 Å². The first-order chi connectivity index (χ1) is 6.64. The van der Waals surface area contributed by atoms with Crippen molar-refractivity contribution in [2.45, 2.75) is 32.2 Å². The SMILES string of the molecule is CC(C)(CCc1ccccc1)N=[N+]=[N-]. The molecule has 74 valence electrons. The van der Waals surface area contributed by atoms with E-state index in [4.69, 9.17) is 5.53 Å². The number of benzene rings is 1. The molecule has 0 unspecified atom stereocenters. The van der Waals surface area contributed by atoms with Crippen LogP contribution in [0.3, 0.4) is 0 Å². The quantitative estimate of drug-likeness (QED) is 0.394. The molecule has 1 aromatic rings. The van der Waals surface area contributed by atoms with Gasteiger partial charge in [-0.3, -0.25) is 0 Å². The summed E-state index contributed by atoms with van der Waals surface area (Å²) in [4.78, 5) is 2.84. The van der Waals surface area contributed by atoms with E-state index >= 15 is 0 Å². The summed E-state index contributed by atoms with van der Waals surface area (Å²) in [7, 11) is 0. The molecule has 0 amide bonds. The molecule has 1 rings (SSSR count). The molecule has 0 aliphatic carbocycles. The van der Waals surface area contributed by atoms with E-state index < -0.39 is 0 Å². The summed E-state index contributed by atoms with van der Waals surface area (Å²) in [5, 5.41) is 3.75. The van der Waals surface area contributed by atoms with Gasteiger partial charge in [-0.1, -0.05) is 49.3 Å². The molecule has 0 aliphatic heterocycles. The normalized spacial score (nSPS) is 10.7. The Kier molecular flexibility index (Phi) is 3.55. The smallest absolute Gasteiger partial charge is 0.0435 e. The Morgan fingerprint density at radius 2 is 1.93 bits per heavy atom. The summed E-state index contributed by atoms with van der Waals surface area (Å²) >= 11 is 0. The highest BCUT2D eigenvalue weighted by molar-refractivity contribution is 5.15. The minimum Gasteiger partial charge on any atom is -0.0878 e. The maximum atomic E-state index is 8.36. The lowest BCUT2D eigenvalue weighted by atomic mass is 9.96. The summed E-state index contributed by atoms with van der Waals surface area (Å²) in [6, 6.07) is 10.2. The number of azide groups is 1. The number of hydrogen-bond donors (Lipinski definition) is 0. The van der Waals surface area contributed by atoms with Gasteiger partial charge in [0.2, 0.25) is 0 Å². The van der Waals surface area contributed by atoms with E-state index in [1.54, 1.807) is 0 Å². The van der Waals surface area contributed by atoms with Crippen molar-refractivity contribution >= 4 is 0 Å². The first kappa shape index (κ1) is 10.6. The monoisotopic (exact) mass is 189 g/mol. The van der Waals surface area contributed by atoms with Crippen molar-refractivity contribution in [3.63, 3.8) is 0 Å². The van der Waals surface area contributed by atoms with E-state index in [0.29, 0.717) is 0 Å². The van der Waals surface area contributed by atoms with Gasteiger partial charge in [-0.05, 0) is 23.9 Å². The molecule has 1 aromatic carbocycles. The Labute approximate surface area is 84.4 Å². The van der Waals surface area contributed by atoms with Gasteiger partial charge in [-0.15, -0.1) is 0 Å². The zero-order valence-electron chi connectivity index (χ0n) is 8.64. The second-order valence-electron chi connectivity index (χ2n) is 3.99. The van der Waals surface area contributed by atoms with Crippen LogP contribution in [0.2, 0.25) is 0 Å². The molecule has 0 radical (unpaired) electrons. The van der Waals surface area contributed by atoms with Crippen LogP contribution in [-0.2, 0) is 6.42 Å². The number of rotatable bonds is 4. The second kappa shape index (κ2) is 4.68. The van der Waals surface area contributed by atoms with E-state index in [1.165, 1.54) is 5.56 Å². The van der Waals surface area contributed by atoms with Crippen LogP contribution in [0.25, 0.3) is 10.4 Å². The van der Waals surface area contributed by atoms with Crippen LogP contribution < -0.4 is 0 Å². The molecule has 0 spiro atoms. The molecule has 0 atom stereocenters. The minimum absolute atomic E-state index is 0.287. The van der Waals surface area contributed by atoms with Gasteiger partial charge in [0.15, 0.2) is 0 Å². The Bertz CT molecular complexity index is 324. The molecule has 0 N–H and O–H groups in total. The predicted molar refractivity (Wildman–Crippen MR) is 58.0 cm³/mol. The maximum Gasteiger partial charge on any atom is 0.0435 e. The van der Waals surface area contributed by atoms with Crippen LogP contribution in [0.4, 0.5) is 0 Å². The standard InChI is InChI=1S/C11H15N3/c1-11(2,13-14-12)9-8-10-6-4-3-5-7-10/h3-7H,8-9H2,1-2H3. The molecule has 0 aliphatic rings. The Morgan fingerprint density at radius 3 is 2.50 bits per heavy atom. The largest absolute Gasteiger partial charge is 0.0878 e. The molecule has 0 saturated carbocycles. The van der Waals surface area contributed by atoms with Crippen LogP contribution in [-0.4, -0.2) is 5.54 Å². The van der Waals surface area contributed by atoms with Crippen molar-refractivity contribution in [1.29, 1.82) is 0 Å². The number of nitrogens with zero attached hydrogens (tertiary/aromatic N) is 3. The van der Waals surface area contributed by atoms with E-state index in [2.05, 4.69) is 22.2 Å². The molecule has 0 saturated heterocycles. The lowest BCUT2D eigenvalue weighted by molar-refractivity contribution is 0.474. The fraction of sp³-hybridized carbons (Fsp3) is 0.455.